The fraction of sp³-hybridized carbons (Fsp3) is 0.176. The van der Waals surface area contributed by atoms with E-state index in [0.717, 1.165) is 5.56 Å². The van der Waals surface area contributed by atoms with Crippen molar-refractivity contribution in [2.24, 2.45) is 0 Å². The lowest BCUT2D eigenvalue weighted by Crippen LogP contribution is -2.17. The van der Waals surface area contributed by atoms with Gasteiger partial charge >= 0.3 is 5.97 Å². The van der Waals surface area contributed by atoms with Crippen LogP contribution in [0.15, 0.2) is 48.7 Å². The normalized spacial score (nSPS) is 12.3. The Kier molecular flexibility index (Phi) is 4.32. The van der Waals surface area contributed by atoms with Crippen LogP contribution >= 0.6 is 11.6 Å². The van der Waals surface area contributed by atoms with Gasteiger partial charge in [-0.2, -0.15) is 0 Å². The summed E-state index contributed by atoms with van der Waals surface area (Å²) >= 11 is 6.04. The van der Waals surface area contributed by atoms with Gasteiger partial charge in [0.15, 0.2) is 6.10 Å². The summed E-state index contributed by atoms with van der Waals surface area (Å²) in [5, 5.41) is 10.9. The Morgan fingerprint density at radius 2 is 2.04 bits per heavy atom. The van der Waals surface area contributed by atoms with E-state index in [9.17, 15) is 9.90 Å². The van der Waals surface area contributed by atoms with Gasteiger partial charge in [0.2, 0.25) is 0 Å². The Morgan fingerprint density at radius 3 is 2.74 bits per heavy atom. The summed E-state index contributed by atoms with van der Waals surface area (Å²) in [5.74, 6) is -0.716. The molecule has 0 amide bonds. The molecule has 0 saturated heterocycles. The van der Waals surface area contributed by atoms with E-state index in [1.54, 1.807) is 29.7 Å². The molecule has 2 heterocycles. The van der Waals surface area contributed by atoms with Crippen LogP contribution in [0.5, 0.6) is 0 Å². The van der Waals surface area contributed by atoms with E-state index in [4.69, 9.17) is 16.3 Å². The number of imidazole rings is 1. The minimum absolute atomic E-state index is 0.189. The van der Waals surface area contributed by atoms with Crippen molar-refractivity contribution in [2.45, 2.75) is 13.0 Å². The zero-order valence-electron chi connectivity index (χ0n) is 12.4. The van der Waals surface area contributed by atoms with E-state index in [0.29, 0.717) is 22.1 Å². The number of hydrogen-bond acceptors (Lipinski definition) is 4. The number of esters is 1. The van der Waals surface area contributed by atoms with Gasteiger partial charge in [-0.25, -0.2) is 9.78 Å². The maximum Gasteiger partial charge on any atom is 0.341 e. The van der Waals surface area contributed by atoms with E-state index in [1.807, 2.05) is 30.3 Å². The molecule has 6 heteroatoms. The highest BCUT2D eigenvalue weighted by Crippen LogP contribution is 2.30. The number of aliphatic hydroxyl groups excluding tert-OH is 1. The summed E-state index contributed by atoms with van der Waals surface area (Å²) in [5.41, 5.74) is 2.25. The van der Waals surface area contributed by atoms with Gasteiger partial charge in [-0.1, -0.05) is 41.9 Å². The first-order valence-electron chi connectivity index (χ1n) is 7.19. The van der Waals surface area contributed by atoms with Crippen molar-refractivity contribution in [3.63, 3.8) is 0 Å². The number of benzene rings is 1. The number of halogens is 1. The lowest BCUT2D eigenvalue weighted by Gasteiger charge is -2.12. The van der Waals surface area contributed by atoms with E-state index < -0.39 is 12.1 Å². The molecule has 1 aromatic carbocycles. The van der Waals surface area contributed by atoms with Crippen LogP contribution in [-0.2, 0) is 9.53 Å². The molecule has 0 aliphatic heterocycles. The van der Waals surface area contributed by atoms with Crippen molar-refractivity contribution < 1.29 is 14.6 Å². The molecule has 2 aromatic heterocycles. The van der Waals surface area contributed by atoms with Crippen molar-refractivity contribution in [1.82, 2.24) is 9.38 Å². The predicted octanol–water partition coefficient (Wildman–Crippen LogP) is 3.25. The molecule has 5 nitrogen and oxygen atoms in total. The first-order valence-corrected chi connectivity index (χ1v) is 7.57. The summed E-state index contributed by atoms with van der Waals surface area (Å²) in [6, 6.07) is 12.8. The Morgan fingerprint density at radius 1 is 1.30 bits per heavy atom. The second-order valence-corrected chi connectivity index (χ2v) is 5.38. The largest absolute Gasteiger partial charge is 0.464 e. The molecule has 1 atom stereocenters. The first kappa shape index (κ1) is 15.5. The quantitative estimate of drug-likeness (QED) is 0.746. The third kappa shape index (κ3) is 2.93. The molecule has 0 aliphatic carbocycles. The number of carbonyl (C=O) groups excluding carboxylic acids is 1. The van der Waals surface area contributed by atoms with Crippen LogP contribution in [0.4, 0.5) is 0 Å². The van der Waals surface area contributed by atoms with Crippen LogP contribution in [0.1, 0.15) is 18.7 Å². The number of nitrogens with zero attached hydrogens (tertiary/aromatic N) is 2. The van der Waals surface area contributed by atoms with Crippen LogP contribution in [0.3, 0.4) is 0 Å². The topological polar surface area (TPSA) is 63.8 Å². The molecular weight excluding hydrogens is 316 g/mol. The SMILES string of the molecule is CCOC(=O)C(O)c1c(-c2ccccc2)nc2ccc(Cl)cn12. The minimum Gasteiger partial charge on any atom is -0.464 e. The lowest BCUT2D eigenvalue weighted by molar-refractivity contribution is -0.153. The molecular formula is C17H15ClN2O3. The minimum atomic E-state index is -1.45. The van der Waals surface area contributed by atoms with Crippen LogP contribution < -0.4 is 0 Å². The fourth-order valence-corrected chi connectivity index (χ4v) is 2.60. The van der Waals surface area contributed by atoms with Gasteiger partial charge in [-0.15, -0.1) is 0 Å². The molecule has 3 rings (SSSR count). The molecule has 0 spiro atoms. The summed E-state index contributed by atoms with van der Waals surface area (Å²) in [6.07, 6.45) is 0.173. The summed E-state index contributed by atoms with van der Waals surface area (Å²) in [6.45, 7) is 1.88. The number of aliphatic hydroxyl groups is 1. The maximum atomic E-state index is 12.0. The second-order valence-electron chi connectivity index (χ2n) is 4.94. The Hall–Kier alpha value is -2.37. The Labute approximate surface area is 138 Å². The van der Waals surface area contributed by atoms with Gasteiger partial charge in [0.05, 0.1) is 23.0 Å². The Bertz CT molecular complexity index is 846. The molecule has 1 unspecified atom stereocenters. The number of aromatic nitrogens is 2. The monoisotopic (exact) mass is 330 g/mol. The Balaban J connectivity index is 2.23. The molecule has 0 saturated carbocycles. The zero-order chi connectivity index (χ0) is 16.4. The van der Waals surface area contributed by atoms with Gasteiger partial charge < -0.3 is 9.84 Å². The highest BCUT2D eigenvalue weighted by Gasteiger charge is 2.27. The molecule has 0 bridgehead atoms. The van der Waals surface area contributed by atoms with Crippen LogP contribution in [0.25, 0.3) is 16.9 Å². The van der Waals surface area contributed by atoms with Gasteiger partial charge in [0, 0.05) is 11.8 Å². The van der Waals surface area contributed by atoms with Crippen molar-refractivity contribution in [3.8, 4) is 11.3 Å². The summed E-state index contributed by atoms with van der Waals surface area (Å²) in [4.78, 5) is 16.5. The van der Waals surface area contributed by atoms with Gasteiger partial charge in [-0.05, 0) is 19.1 Å². The van der Waals surface area contributed by atoms with Crippen molar-refractivity contribution >= 4 is 23.2 Å². The molecule has 0 fully saturated rings. The maximum absolute atomic E-state index is 12.0. The average Bonchev–Trinajstić information content (AvgIpc) is 2.93. The van der Waals surface area contributed by atoms with Crippen LogP contribution in [-0.4, -0.2) is 27.1 Å². The van der Waals surface area contributed by atoms with Crippen molar-refractivity contribution in [1.29, 1.82) is 0 Å². The molecule has 3 aromatic rings. The average molecular weight is 331 g/mol. The number of carbonyl (C=O) groups is 1. The molecule has 118 valence electrons. The molecule has 0 aliphatic rings. The summed E-state index contributed by atoms with van der Waals surface area (Å²) in [7, 11) is 0. The number of ether oxygens (including phenoxy) is 1. The van der Waals surface area contributed by atoms with Crippen molar-refractivity contribution in [3.05, 3.63) is 59.4 Å². The first-order chi connectivity index (χ1) is 11.1. The number of hydrogen-bond donors (Lipinski definition) is 1. The summed E-state index contributed by atoms with van der Waals surface area (Å²) < 4.78 is 6.55. The van der Waals surface area contributed by atoms with Gasteiger partial charge in [0.1, 0.15) is 5.65 Å². The highest BCUT2D eigenvalue weighted by atomic mass is 35.5. The highest BCUT2D eigenvalue weighted by molar-refractivity contribution is 6.30. The molecule has 1 N–H and O–H groups in total. The lowest BCUT2D eigenvalue weighted by atomic mass is 10.1. The van der Waals surface area contributed by atoms with E-state index in [-0.39, 0.29) is 6.61 Å². The van der Waals surface area contributed by atoms with Crippen LogP contribution in [0, 0.1) is 0 Å². The molecule has 0 radical (unpaired) electrons. The van der Waals surface area contributed by atoms with E-state index in [2.05, 4.69) is 4.98 Å². The number of fused-ring (bicyclic) bond motifs is 1. The van der Waals surface area contributed by atoms with Gasteiger partial charge in [-0.3, -0.25) is 4.40 Å². The van der Waals surface area contributed by atoms with Gasteiger partial charge in [0.25, 0.3) is 0 Å². The number of pyridine rings is 1. The van der Waals surface area contributed by atoms with E-state index >= 15 is 0 Å². The van der Waals surface area contributed by atoms with E-state index in [1.165, 1.54) is 0 Å². The third-order valence-electron chi connectivity index (χ3n) is 3.44. The zero-order valence-corrected chi connectivity index (χ0v) is 13.2. The third-order valence-corrected chi connectivity index (χ3v) is 3.66. The predicted molar refractivity (Wildman–Crippen MR) is 87.2 cm³/mol. The fourth-order valence-electron chi connectivity index (χ4n) is 2.44. The second kappa shape index (κ2) is 6.40. The molecule has 23 heavy (non-hydrogen) atoms. The van der Waals surface area contributed by atoms with Crippen molar-refractivity contribution in [2.75, 3.05) is 6.61 Å². The number of rotatable bonds is 4. The standard InChI is InChI=1S/C17H15ClN2O3/c1-2-23-17(22)16(21)15-14(11-6-4-3-5-7-11)19-13-9-8-12(18)10-20(13)15/h3-10,16,21H,2H2,1H3. The van der Waals surface area contributed by atoms with Crippen LogP contribution in [0.2, 0.25) is 5.02 Å². The smallest absolute Gasteiger partial charge is 0.341 e.